The van der Waals surface area contributed by atoms with Crippen LogP contribution in [0.5, 0.6) is 0 Å². The van der Waals surface area contributed by atoms with Crippen molar-refractivity contribution in [1.29, 1.82) is 0 Å². The molecule has 10 aromatic carbocycles. The quantitative estimate of drug-likeness (QED) is 0.160. The van der Waals surface area contributed by atoms with E-state index in [1.807, 2.05) is 12.4 Å². The van der Waals surface area contributed by atoms with E-state index >= 15 is 0 Å². The number of pyridine rings is 1. The molecule has 59 heavy (non-hydrogen) atoms. The number of nitrogens with zero attached hydrogens (tertiary/aromatic N) is 2. The lowest BCUT2D eigenvalue weighted by atomic mass is 9.83. The van der Waals surface area contributed by atoms with Gasteiger partial charge in [0.05, 0.1) is 17.2 Å². The van der Waals surface area contributed by atoms with Crippen LogP contribution in [0.1, 0.15) is 0 Å². The molecule has 0 aliphatic rings. The zero-order valence-electron chi connectivity index (χ0n) is 32.2. The second-order valence-electron chi connectivity index (χ2n) is 15.5. The second-order valence-corrected chi connectivity index (χ2v) is 15.5. The topological polar surface area (TPSA) is 17.8 Å². The fourth-order valence-electron chi connectivity index (χ4n) is 9.61. The number of benzene rings is 10. The Bertz CT molecular complexity index is 3600. The summed E-state index contributed by atoms with van der Waals surface area (Å²) in [7, 11) is 0. The Morgan fingerprint density at radius 1 is 0.305 bits per heavy atom. The van der Waals surface area contributed by atoms with Gasteiger partial charge in [-0.1, -0.05) is 164 Å². The number of para-hydroxylation sites is 1. The van der Waals surface area contributed by atoms with Crippen LogP contribution in [0, 0.1) is 0 Å². The lowest BCUT2D eigenvalue weighted by Crippen LogP contribution is -1.93. The van der Waals surface area contributed by atoms with E-state index < -0.39 is 0 Å². The Labute approximate surface area is 341 Å². The highest BCUT2D eigenvalue weighted by Gasteiger charge is 2.20. The number of hydrogen-bond acceptors (Lipinski definition) is 1. The molecule has 0 spiro atoms. The number of hydrogen-bond donors (Lipinski definition) is 0. The van der Waals surface area contributed by atoms with Gasteiger partial charge in [-0.25, -0.2) is 0 Å². The van der Waals surface area contributed by atoms with Gasteiger partial charge in [0.15, 0.2) is 0 Å². The summed E-state index contributed by atoms with van der Waals surface area (Å²) in [6.45, 7) is 0. The molecule has 0 radical (unpaired) electrons. The van der Waals surface area contributed by atoms with Crippen molar-refractivity contribution < 1.29 is 0 Å². The molecule has 0 unspecified atom stereocenters. The Morgan fingerprint density at radius 2 is 0.814 bits per heavy atom. The second kappa shape index (κ2) is 13.4. The molecule has 274 valence electrons. The van der Waals surface area contributed by atoms with Gasteiger partial charge in [-0.3, -0.25) is 4.98 Å². The summed E-state index contributed by atoms with van der Waals surface area (Å²) in [6, 6.07) is 75.7. The molecule has 0 saturated heterocycles. The monoisotopic (exact) mass is 748 g/mol. The summed E-state index contributed by atoms with van der Waals surface area (Å²) < 4.78 is 2.32. The first-order valence-electron chi connectivity index (χ1n) is 20.3. The van der Waals surface area contributed by atoms with Gasteiger partial charge in [-0.15, -0.1) is 0 Å². The lowest BCUT2D eigenvalue weighted by Gasteiger charge is -2.20. The normalized spacial score (nSPS) is 11.7. The van der Waals surface area contributed by atoms with E-state index in [4.69, 9.17) is 0 Å². The standard InChI is InChI=1S/C57H36N2/c1-2-19-43(20-3-1)59-54-30-28-42(34-52(54)46-31-32-58-36-55(46)59)40-18-10-17-39(33-40)41-27-29-51-53(35-41)57(48-26-12-16-38-14-5-7-22-45(38)48)50-24-9-8-23-49(50)56(51)47-25-11-15-37-13-4-6-21-44(37)47/h1-36H. The van der Waals surface area contributed by atoms with E-state index in [1.165, 1.54) is 104 Å². The Kier molecular flexibility index (Phi) is 7.57. The SMILES string of the molecule is c1ccc(-n2c3ccc(-c4cccc(-c5ccc6c(-c7cccc8ccccc78)c7ccccc7c(-c7cccc8ccccc78)c6c5)c4)cc3c3ccncc32)cc1. The summed E-state index contributed by atoms with van der Waals surface area (Å²) in [5, 5.41) is 12.4. The average Bonchev–Trinajstić information content (AvgIpc) is 3.64. The van der Waals surface area contributed by atoms with E-state index in [-0.39, 0.29) is 0 Å². The molecule has 0 N–H and O–H groups in total. The molecular weight excluding hydrogens is 713 g/mol. The lowest BCUT2D eigenvalue weighted by molar-refractivity contribution is 1.17. The largest absolute Gasteiger partial charge is 0.308 e. The number of fused-ring (bicyclic) bond motifs is 7. The van der Waals surface area contributed by atoms with Crippen LogP contribution in [0.25, 0.3) is 115 Å². The smallest absolute Gasteiger partial charge is 0.0724 e. The van der Waals surface area contributed by atoms with Crippen LogP contribution in [0.3, 0.4) is 0 Å². The maximum atomic E-state index is 4.51. The summed E-state index contributed by atoms with van der Waals surface area (Å²) in [6.07, 6.45) is 3.87. The molecule has 0 aliphatic carbocycles. The molecule has 0 bridgehead atoms. The van der Waals surface area contributed by atoms with Gasteiger partial charge < -0.3 is 4.57 Å². The minimum atomic E-state index is 1.10. The van der Waals surface area contributed by atoms with Crippen LogP contribution < -0.4 is 0 Å². The molecule has 2 heterocycles. The summed E-state index contributed by atoms with van der Waals surface area (Å²) >= 11 is 0. The molecule has 2 heteroatoms. The Balaban J connectivity index is 1.09. The molecule has 12 rings (SSSR count). The molecule has 0 fully saturated rings. The van der Waals surface area contributed by atoms with Gasteiger partial charge in [-0.05, 0) is 130 Å². The zero-order valence-corrected chi connectivity index (χ0v) is 32.2. The Morgan fingerprint density at radius 3 is 1.49 bits per heavy atom. The molecule has 2 nitrogen and oxygen atoms in total. The van der Waals surface area contributed by atoms with Crippen molar-refractivity contribution in [2.24, 2.45) is 0 Å². The molecular formula is C57H36N2. The molecule has 2 aromatic heterocycles. The van der Waals surface area contributed by atoms with Crippen LogP contribution in [0.4, 0.5) is 0 Å². The number of rotatable bonds is 5. The van der Waals surface area contributed by atoms with Crippen LogP contribution in [-0.4, -0.2) is 9.55 Å². The van der Waals surface area contributed by atoms with E-state index in [0.29, 0.717) is 0 Å². The van der Waals surface area contributed by atoms with Crippen molar-refractivity contribution in [3.8, 4) is 50.2 Å². The van der Waals surface area contributed by atoms with Crippen LogP contribution in [-0.2, 0) is 0 Å². The number of aromatic nitrogens is 2. The first-order chi connectivity index (χ1) is 29.3. The maximum Gasteiger partial charge on any atom is 0.0724 e. The average molecular weight is 749 g/mol. The highest BCUT2D eigenvalue weighted by Crippen LogP contribution is 2.48. The highest BCUT2D eigenvalue weighted by atomic mass is 15.0. The van der Waals surface area contributed by atoms with Crippen molar-refractivity contribution in [3.05, 3.63) is 219 Å². The third-order valence-corrected chi connectivity index (χ3v) is 12.3. The first kappa shape index (κ1) is 33.3. The molecule has 0 saturated carbocycles. The van der Waals surface area contributed by atoms with Gasteiger partial charge in [0.2, 0.25) is 0 Å². The minimum Gasteiger partial charge on any atom is -0.308 e. The predicted octanol–water partition coefficient (Wildman–Crippen LogP) is 15.5. The molecule has 0 amide bonds. The first-order valence-corrected chi connectivity index (χ1v) is 20.3. The maximum absolute atomic E-state index is 4.51. The van der Waals surface area contributed by atoms with E-state index in [2.05, 4.69) is 216 Å². The van der Waals surface area contributed by atoms with E-state index in [1.54, 1.807) is 0 Å². The Hall–Kier alpha value is -7.81. The zero-order chi connectivity index (χ0) is 38.9. The van der Waals surface area contributed by atoms with Crippen molar-refractivity contribution in [2.75, 3.05) is 0 Å². The fourth-order valence-corrected chi connectivity index (χ4v) is 9.61. The van der Waals surface area contributed by atoms with Gasteiger partial charge >= 0.3 is 0 Å². The van der Waals surface area contributed by atoms with Crippen LogP contribution >= 0.6 is 0 Å². The van der Waals surface area contributed by atoms with Gasteiger partial charge in [0.25, 0.3) is 0 Å². The van der Waals surface area contributed by atoms with Gasteiger partial charge in [-0.2, -0.15) is 0 Å². The molecule has 0 atom stereocenters. The third-order valence-electron chi connectivity index (χ3n) is 12.3. The van der Waals surface area contributed by atoms with Crippen LogP contribution in [0.15, 0.2) is 219 Å². The van der Waals surface area contributed by atoms with Crippen LogP contribution in [0.2, 0.25) is 0 Å². The van der Waals surface area contributed by atoms with Gasteiger partial charge in [0, 0.05) is 22.7 Å². The third kappa shape index (κ3) is 5.31. The summed E-state index contributed by atoms with van der Waals surface area (Å²) in [5.74, 6) is 0. The van der Waals surface area contributed by atoms with E-state index in [9.17, 15) is 0 Å². The summed E-state index contributed by atoms with van der Waals surface area (Å²) in [4.78, 5) is 4.51. The molecule has 0 aliphatic heterocycles. The predicted molar refractivity (Wildman–Crippen MR) is 250 cm³/mol. The highest BCUT2D eigenvalue weighted by molar-refractivity contribution is 6.25. The van der Waals surface area contributed by atoms with Crippen molar-refractivity contribution in [1.82, 2.24) is 9.55 Å². The summed E-state index contributed by atoms with van der Waals surface area (Å²) in [5.41, 5.74) is 13.2. The van der Waals surface area contributed by atoms with E-state index in [0.717, 1.165) is 11.2 Å². The van der Waals surface area contributed by atoms with Gasteiger partial charge in [0.1, 0.15) is 0 Å². The molecule has 12 aromatic rings. The van der Waals surface area contributed by atoms with Crippen molar-refractivity contribution in [3.63, 3.8) is 0 Å². The fraction of sp³-hybridized carbons (Fsp3) is 0. The minimum absolute atomic E-state index is 1.10. The van der Waals surface area contributed by atoms with Crippen molar-refractivity contribution >= 4 is 64.9 Å². The van der Waals surface area contributed by atoms with Crippen molar-refractivity contribution in [2.45, 2.75) is 0 Å².